The number of thioether (sulfide) groups is 1. The third-order valence-electron chi connectivity index (χ3n) is 1.47. The summed E-state index contributed by atoms with van der Waals surface area (Å²) in [6.07, 6.45) is 0. The average molecular weight is 223 g/mol. The van der Waals surface area contributed by atoms with E-state index in [9.17, 15) is 18.3 Å². The molecule has 0 unspecified atom stereocenters. The van der Waals surface area contributed by atoms with Gasteiger partial charge in [0.1, 0.15) is 5.75 Å². The molecule has 0 amide bonds. The molecule has 0 aromatic heterocycles. The zero-order valence-corrected chi connectivity index (χ0v) is 8.04. The van der Waals surface area contributed by atoms with E-state index in [2.05, 4.69) is 5.32 Å². The van der Waals surface area contributed by atoms with Crippen molar-refractivity contribution in [3.63, 3.8) is 0 Å². The van der Waals surface area contributed by atoms with Crippen LogP contribution in [-0.4, -0.2) is 17.7 Å². The van der Waals surface area contributed by atoms with E-state index < -0.39 is 5.51 Å². The van der Waals surface area contributed by atoms with Crippen molar-refractivity contribution in [1.82, 2.24) is 0 Å². The number of anilines is 1. The Bertz CT molecular complexity index is 327. The highest BCUT2D eigenvalue weighted by atomic mass is 32.2. The van der Waals surface area contributed by atoms with Crippen LogP contribution in [0.25, 0.3) is 0 Å². The van der Waals surface area contributed by atoms with Gasteiger partial charge in [-0.25, -0.2) is 0 Å². The maximum atomic E-state index is 12.0. The quantitative estimate of drug-likeness (QED) is 0.597. The molecule has 0 atom stereocenters. The molecule has 0 fully saturated rings. The Morgan fingerprint density at radius 3 is 2.50 bits per heavy atom. The van der Waals surface area contributed by atoms with E-state index in [1.165, 1.54) is 25.2 Å². The number of nitrogens with one attached hydrogen (secondary N) is 1. The molecule has 0 radical (unpaired) electrons. The van der Waals surface area contributed by atoms with Gasteiger partial charge in [-0.2, -0.15) is 13.2 Å². The first-order valence-electron chi connectivity index (χ1n) is 3.69. The fourth-order valence-electron chi connectivity index (χ4n) is 0.913. The second kappa shape index (κ2) is 4.00. The van der Waals surface area contributed by atoms with E-state index >= 15 is 0 Å². The van der Waals surface area contributed by atoms with Crippen molar-refractivity contribution in [3.8, 4) is 5.75 Å². The molecule has 0 saturated carbocycles. The van der Waals surface area contributed by atoms with Gasteiger partial charge < -0.3 is 10.4 Å². The summed E-state index contributed by atoms with van der Waals surface area (Å²) in [5.74, 6) is -0.0703. The second-order valence-corrected chi connectivity index (χ2v) is 3.62. The molecule has 78 valence electrons. The summed E-state index contributed by atoms with van der Waals surface area (Å²) in [6.45, 7) is 0. The number of halogens is 3. The predicted octanol–water partition coefficient (Wildman–Crippen LogP) is 3.05. The van der Waals surface area contributed by atoms with Crippen LogP contribution in [0.15, 0.2) is 23.1 Å². The predicted molar refractivity (Wildman–Crippen MR) is 49.6 cm³/mol. The number of aromatic hydroxyl groups is 1. The van der Waals surface area contributed by atoms with Crippen LogP contribution in [0.1, 0.15) is 0 Å². The van der Waals surface area contributed by atoms with Crippen molar-refractivity contribution >= 4 is 17.4 Å². The minimum Gasteiger partial charge on any atom is -0.506 e. The van der Waals surface area contributed by atoms with Crippen molar-refractivity contribution in [2.24, 2.45) is 0 Å². The van der Waals surface area contributed by atoms with Crippen LogP contribution in [0.3, 0.4) is 0 Å². The minimum absolute atomic E-state index is 0.0413. The van der Waals surface area contributed by atoms with Crippen LogP contribution in [0.2, 0.25) is 0 Å². The summed E-state index contributed by atoms with van der Waals surface area (Å²) in [7, 11) is 1.52. The number of hydrogen-bond donors (Lipinski definition) is 2. The topological polar surface area (TPSA) is 32.3 Å². The van der Waals surface area contributed by atoms with Gasteiger partial charge >= 0.3 is 5.51 Å². The Hall–Kier alpha value is -1.04. The summed E-state index contributed by atoms with van der Waals surface area (Å²) >= 11 is -0.212. The third-order valence-corrected chi connectivity index (χ3v) is 2.19. The molecule has 0 saturated heterocycles. The molecule has 6 heteroatoms. The van der Waals surface area contributed by atoms with E-state index in [4.69, 9.17) is 0 Å². The van der Waals surface area contributed by atoms with Crippen molar-refractivity contribution in [2.45, 2.75) is 10.4 Å². The van der Waals surface area contributed by atoms with E-state index in [0.717, 1.165) is 0 Å². The maximum Gasteiger partial charge on any atom is 0.446 e. The van der Waals surface area contributed by atoms with Crippen LogP contribution in [0.4, 0.5) is 18.9 Å². The highest BCUT2D eigenvalue weighted by Crippen LogP contribution is 2.39. The average Bonchev–Trinajstić information content (AvgIpc) is 2.06. The minimum atomic E-state index is -4.30. The highest BCUT2D eigenvalue weighted by molar-refractivity contribution is 8.00. The van der Waals surface area contributed by atoms with Gasteiger partial charge in [0.2, 0.25) is 0 Å². The van der Waals surface area contributed by atoms with E-state index in [0.29, 0.717) is 0 Å². The normalized spacial score (nSPS) is 11.4. The summed E-state index contributed by atoms with van der Waals surface area (Å²) in [4.78, 5) is 0.0413. The van der Waals surface area contributed by atoms with Crippen molar-refractivity contribution in [1.29, 1.82) is 0 Å². The van der Waals surface area contributed by atoms with Gasteiger partial charge in [0.25, 0.3) is 0 Å². The second-order valence-electron chi connectivity index (χ2n) is 2.48. The molecule has 1 rings (SSSR count). The Kier molecular flexibility index (Phi) is 3.15. The summed E-state index contributed by atoms with van der Waals surface area (Å²) in [5.41, 5.74) is -4.03. The lowest BCUT2D eigenvalue weighted by Gasteiger charge is -2.08. The number of rotatable bonds is 2. The van der Waals surface area contributed by atoms with Gasteiger partial charge in [-0.1, -0.05) is 0 Å². The molecule has 0 aliphatic rings. The van der Waals surface area contributed by atoms with Crippen LogP contribution in [-0.2, 0) is 0 Å². The Balaban J connectivity index is 2.90. The fourth-order valence-corrected chi connectivity index (χ4v) is 1.49. The van der Waals surface area contributed by atoms with Gasteiger partial charge in [-0.05, 0) is 30.0 Å². The van der Waals surface area contributed by atoms with Gasteiger partial charge in [-0.15, -0.1) is 0 Å². The standard InChI is InChI=1S/C8H8F3NOS/c1-12-6-4-5(2-3-7(6)13)14-8(9,10)11/h2-4,12-13H,1H3. The Labute approximate surface area is 83.1 Å². The summed E-state index contributed by atoms with van der Waals surface area (Å²) in [5, 5.41) is 11.8. The lowest BCUT2D eigenvalue weighted by Crippen LogP contribution is -1.99. The van der Waals surface area contributed by atoms with Crippen LogP contribution in [0.5, 0.6) is 5.75 Å². The number of phenols is 1. The summed E-state index contributed by atoms with van der Waals surface area (Å²) < 4.78 is 35.9. The highest BCUT2D eigenvalue weighted by Gasteiger charge is 2.29. The maximum absolute atomic E-state index is 12.0. The van der Waals surface area contributed by atoms with Gasteiger partial charge in [0.05, 0.1) is 5.69 Å². The molecule has 1 aromatic rings. The van der Waals surface area contributed by atoms with Gasteiger partial charge in [-0.3, -0.25) is 0 Å². The molecule has 1 aromatic carbocycles. The Morgan fingerprint density at radius 2 is 2.00 bits per heavy atom. The SMILES string of the molecule is CNc1cc(SC(F)(F)F)ccc1O. The summed E-state index contributed by atoms with van der Waals surface area (Å²) in [6, 6.07) is 3.68. The molecular weight excluding hydrogens is 215 g/mol. The van der Waals surface area contributed by atoms with Crippen LogP contribution >= 0.6 is 11.8 Å². The number of hydrogen-bond acceptors (Lipinski definition) is 3. The first kappa shape index (κ1) is 11.0. The van der Waals surface area contributed by atoms with E-state index in [1.54, 1.807) is 0 Å². The van der Waals surface area contributed by atoms with Crippen molar-refractivity contribution < 1.29 is 18.3 Å². The van der Waals surface area contributed by atoms with E-state index in [-0.39, 0.29) is 28.1 Å². The molecular formula is C8H8F3NOS. The molecule has 0 bridgehead atoms. The molecule has 14 heavy (non-hydrogen) atoms. The Morgan fingerprint density at radius 1 is 1.36 bits per heavy atom. The lowest BCUT2D eigenvalue weighted by molar-refractivity contribution is -0.0328. The van der Waals surface area contributed by atoms with E-state index in [1.807, 2.05) is 0 Å². The van der Waals surface area contributed by atoms with Gasteiger partial charge in [0.15, 0.2) is 0 Å². The van der Waals surface area contributed by atoms with Crippen LogP contribution < -0.4 is 5.32 Å². The smallest absolute Gasteiger partial charge is 0.446 e. The zero-order valence-electron chi connectivity index (χ0n) is 7.22. The van der Waals surface area contributed by atoms with Crippen molar-refractivity contribution in [3.05, 3.63) is 18.2 Å². The molecule has 0 spiro atoms. The third kappa shape index (κ3) is 3.02. The fraction of sp³-hybridized carbons (Fsp3) is 0.250. The molecule has 0 heterocycles. The van der Waals surface area contributed by atoms with Crippen LogP contribution in [0, 0.1) is 0 Å². The zero-order chi connectivity index (χ0) is 10.8. The van der Waals surface area contributed by atoms with Gasteiger partial charge in [0, 0.05) is 11.9 Å². The number of alkyl halides is 3. The molecule has 2 N–H and O–H groups in total. The first-order valence-corrected chi connectivity index (χ1v) is 4.50. The largest absolute Gasteiger partial charge is 0.506 e. The molecule has 2 nitrogen and oxygen atoms in total. The van der Waals surface area contributed by atoms with Crippen molar-refractivity contribution in [2.75, 3.05) is 12.4 Å². The number of benzene rings is 1. The monoisotopic (exact) mass is 223 g/mol. The lowest BCUT2D eigenvalue weighted by atomic mass is 10.3. The first-order chi connectivity index (χ1) is 6.42. The number of phenolic OH excluding ortho intramolecular Hbond substituents is 1. The molecule has 0 aliphatic carbocycles. The molecule has 0 aliphatic heterocycles.